The number of urea groups is 1. The predicted octanol–water partition coefficient (Wildman–Crippen LogP) is 4.47. The summed E-state index contributed by atoms with van der Waals surface area (Å²) >= 11 is 1.66. The number of nitrogens with two attached hydrogens (primary N) is 1. The summed E-state index contributed by atoms with van der Waals surface area (Å²) in [5.74, 6) is -0.445. The molecule has 1 unspecified atom stereocenters. The number of esters is 1. The molecule has 0 aliphatic carbocycles. The van der Waals surface area contributed by atoms with Crippen LogP contribution in [0.25, 0.3) is 0 Å². The van der Waals surface area contributed by atoms with Gasteiger partial charge in [-0.3, -0.25) is 19.2 Å². The Labute approximate surface area is 255 Å². The summed E-state index contributed by atoms with van der Waals surface area (Å²) in [5.41, 5.74) is 6.08. The first-order chi connectivity index (χ1) is 20.0. The molecule has 0 fully saturated rings. The summed E-state index contributed by atoms with van der Waals surface area (Å²) in [4.78, 5) is 57.7. The van der Waals surface area contributed by atoms with Crippen molar-refractivity contribution in [3.8, 4) is 0 Å². The highest BCUT2D eigenvalue weighted by Gasteiger charge is 2.24. The highest BCUT2D eigenvalue weighted by atomic mass is 32.2. The third kappa shape index (κ3) is 23.2. The third-order valence-electron chi connectivity index (χ3n) is 5.20. The molecular weight excluding hydrogens is 558 g/mol. The van der Waals surface area contributed by atoms with E-state index in [0.717, 1.165) is 37.0 Å². The van der Waals surface area contributed by atoms with Crippen LogP contribution in [-0.4, -0.2) is 54.6 Å². The number of thioether (sulfide) groups is 1. The van der Waals surface area contributed by atoms with Gasteiger partial charge in [-0.1, -0.05) is 59.8 Å². The SMILES string of the molecule is C=CSCCCCCC(=O)NC(C(=O)NCC(=O)Nc1ccc(COC(C)=O)cc1)C(C)C.CC.CCCNC(N)=O. The van der Waals surface area contributed by atoms with Crippen LogP contribution in [0.3, 0.4) is 0 Å². The molecule has 1 aromatic carbocycles. The van der Waals surface area contributed by atoms with Crippen LogP contribution in [-0.2, 0) is 30.5 Å². The molecule has 1 aromatic rings. The Hall–Kier alpha value is -3.54. The van der Waals surface area contributed by atoms with E-state index in [1.54, 1.807) is 36.0 Å². The number of carbonyl (C=O) groups is 5. The second-order valence-corrected chi connectivity index (χ2v) is 10.2. The van der Waals surface area contributed by atoms with E-state index in [0.29, 0.717) is 18.7 Å². The molecule has 0 bridgehead atoms. The Kier molecular flexibility index (Phi) is 25.5. The average Bonchev–Trinajstić information content (AvgIpc) is 2.96. The lowest BCUT2D eigenvalue weighted by molar-refractivity contribution is -0.142. The molecule has 1 atom stereocenters. The number of carbonyl (C=O) groups excluding carboxylic acids is 5. The molecule has 0 aliphatic rings. The van der Waals surface area contributed by atoms with Crippen LogP contribution in [0.5, 0.6) is 0 Å². The normalized spacial score (nSPS) is 10.5. The molecule has 0 saturated heterocycles. The number of primary amides is 1. The van der Waals surface area contributed by atoms with E-state index in [2.05, 4.69) is 27.8 Å². The maximum absolute atomic E-state index is 12.5. The van der Waals surface area contributed by atoms with Gasteiger partial charge in [0.2, 0.25) is 17.7 Å². The van der Waals surface area contributed by atoms with Gasteiger partial charge in [-0.15, -0.1) is 11.8 Å². The van der Waals surface area contributed by atoms with Crippen LogP contribution < -0.4 is 27.0 Å². The van der Waals surface area contributed by atoms with Gasteiger partial charge in [0.15, 0.2) is 0 Å². The maximum atomic E-state index is 12.5. The lowest BCUT2D eigenvalue weighted by atomic mass is 10.0. The van der Waals surface area contributed by atoms with Crippen LogP contribution in [0.2, 0.25) is 0 Å². The number of rotatable bonds is 17. The largest absolute Gasteiger partial charge is 0.461 e. The van der Waals surface area contributed by atoms with Gasteiger partial charge in [0.25, 0.3) is 0 Å². The molecular formula is C30H51N5O6S. The summed E-state index contributed by atoms with van der Waals surface area (Å²) in [6, 6.07) is 5.70. The summed E-state index contributed by atoms with van der Waals surface area (Å²) in [7, 11) is 0. The number of benzene rings is 1. The third-order valence-corrected chi connectivity index (χ3v) is 5.96. The second-order valence-electron chi connectivity index (χ2n) is 9.17. The first-order valence-electron chi connectivity index (χ1n) is 14.3. The summed E-state index contributed by atoms with van der Waals surface area (Å²) in [6.07, 6.45) is 4.02. The smallest absolute Gasteiger partial charge is 0.312 e. The van der Waals surface area contributed by atoms with Crippen LogP contribution in [0.1, 0.15) is 79.2 Å². The Morgan fingerprint density at radius 3 is 2.14 bits per heavy atom. The van der Waals surface area contributed by atoms with Crippen molar-refractivity contribution in [2.45, 2.75) is 86.3 Å². The quantitative estimate of drug-likeness (QED) is 0.128. The fourth-order valence-corrected chi connectivity index (χ4v) is 3.65. The van der Waals surface area contributed by atoms with E-state index in [1.165, 1.54) is 6.92 Å². The fraction of sp³-hybridized carbons (Fsp3) is 0.567. The number of unbranched alkanes of at least 4 members (excludes halogenated alkanes) is 2. The molecule has 0 spiro atoms. The van der Waals surface area contributed by atoms with Crippen molar-refractivity contribution < 1.29 is 28.7 Å². The van der Waals surface area contributed by atoms with Crippen LogP contribution >= 0.6 is 11.8 Å². The molecule has 11 nitrogen and oxygen atoms in total. The number of ether oxygens (including phenoxy) is 1. The standard InChI is InChI=1S/C24H35N3O5S.C4H10N2O.C2H6/c1-5-33-14-8-6-7-9-21(29)27-23(17(2)3)24(31)25-15-22(30)26-20-12-10-19(11-13-20)16-32-18(4)28;1-2-3-6-4(5)7;1-2/h5,10-13,17,23H,1,6-9,14-16H2,2-4H3,(H,25,31)(H,26,30)(H,27,29);2-3H2,1H3,(H3,5,6,7);1-2H3. The predicted molar refractivity (Wildman–Crippen MR) is 171 cm³/mol. The summed E-state index contributed by atoms with van der Waals surface area (Å²) < 4.78 is 4.92. The maximum Gasteiger partial charge on any atom is 0.312 e. The second kappa shape index (κ2) is 26.4. The van der Waals surface area contributed by atoms with Gasteiger partial charge >= 0.3 is 12.0 Å². The number of amides is 5. The number of nitrogens with one attached hydrogen (secondary N) is 4. The Morgan fingerprint density at radius 2 is 1.64 bits per heavy atom. The molecule has 0 heterocycles. The first-order valence-corrected chi connectivity index (χ1v) is 15.4. The van der Waals surface area contributed by atoms with Crippen molar-refractivity contribution in [2.24, 2.45) is 11.7 Å². The minimum absolute atomic E-state index is 0.120. The molecule has 0 radical (unpaired) electrons. The molecule has 5 amide bonds. The Bertz CT molecular complexity index is 941. The molecule has 0 saturated carbocycles. The zero-order valence-electron chi connectivity index (χ0n) is 26.0. The van der Waals surface area contributed by atoms with E-state index < -0.39 is 18.0 Å². The van der Waals surface area contributed by atoms with Crippen LogP contribution in [0.15, 0.2) is 36.3 Å². The molecule has 6 N–H and O–H groups in total. The van der Waals surface area contributed by atoms with Crippen molar-refractivity contribution in [3.63, 3.8) is 0 Å². The van der Waals surface area contributed by atoms with Crippen LogP contribution in [0, 0.1) is 5.92 Å². The zero-order valence-corrected chi connectivity index (χ0v) is 26.9. The highest BCUT2D eigenvalue weighted by Crippen LogP contribution is 2.11. The van der Waals surface area contributed by atoms with E-state index in [1.807, 2.05) is 40.0 Å². The Morgan fingerprint density at radius 1 is 1.00 bits per heavy atom. The van der Waals surface area contributed by atoms with Gasteiger partial charge < -0.3 is 31.7 Å². The minimum Gasteiger partial charge on any atom is -0.461 e. The topological polar surface area (TPSA) is 169 Å². The monoisotopic (exact) mass is 609 g/mol. The molecule has 12 heteroatoms. The highest BCUT2D eigenvalue weighted by molar-refractivity contribution is 8.02. The number of anilines is 1. The van der Waals surface area contributed by atoms with E-state index in [9.17, 15) is 24.0 Å². The van der Waals surface area contributed by atoms with Crippen molar-refractivity contribution in [1.82, 2.24) is 16.0 Å². The summed E-state index contributed by atoms with van der Waals surface area (Å²) in [5, 5.41) is 12.3. The Balaban J connectivity index is 0. The lowest BCUT2D eigenvalue weighted by Crippen LogP contribution is -2.51. The van der Waals surface area contributed by atoms with E-state index in [-0.39, 0.29) is 36.9 Å². The first kappa shape index (κ1) is 40.6. The van der Waals surface area contributed by atoms with Crippen molar-refractivity contribution in [1.29, 1.82) is 0 Å². The van der Waals surface area contributed by atoms with E-state index >= 15 is 0 Å². The van der Waals surface area contributed by atoms with Gasteiger partial charge in [0, 0.05) is 25.6 Å². The zero-order chi connectivity index (χ0) is 32.3. The molecule has 0 aromatic heterocycles. The summed E-state index contributed by atoms with van der Waals surface area (Å²) in [6.45, 7) is 15.3. The van der Waals surface area contributed by atoms with Crippen molar-refractivity contribution in [3.05, 3.63) is 41.8 Å². The van der Waals surface area contributed by atoms with Gasteiger partial charge in [-0.05, 0) is 54.0 Å². The van der Waals surface area contributed by atoms with Crippen molar-refractivity contribution >= 4 is 47.2 Å². The van der Waals surface area contributed by atoms with Gasteiger partial charge in [-0.25, -0.2) is 4.79 Å². The minimum atomic E-state index is -0.706. The van der Waals surface area contributed by atoms with Gasteiger partial charge in [0.05, 0.1) is 6.54 Å². The van der Waals surface area contributed by atoms with Gasteiger partial charge in [-0.2, -0.15) is 0 Å². The molecule has 42 heavy (non-hydrogen) atoms. The van der Waals surface area contributed by atoms with Crippen LogP contribution in [0.4, 0.5) is 10.5 Å². The fourth-order valence-electron chi connectivity index (χ4n) is 3.11. The number of hydrogen-bond acceptors (Lipinski definition) is 7. The molecule has 1 rings (SSSR count). The number of hydrogen-bond donors (Lipinski definition) is 5. The van der Waals surface area contributed by atoms with Crippen molar-refractivity contribution in [2.75, 3.05) is 24.2 Å². The molecule has 238 valence electrons. The molecule has 0 aliphatic heterocycles. The van der Waals surface area contributed by atoms with Gasteiger partial charge in [0.1, 0.15) is 12.6 Å². The average molecular weight is 610 g/mol. The lowest BCUT2D eigenvalue weighted by Gasteiger charge is -2.21. The van der Waals surface area contributed by atoms with E-state index in [4.69, 9.17) is 10.5 Å².